The molecule has 1 rings (SSSR count). The van der Waals surface area contributed by atoms with Gasteiger partial charge < -0.3 is 0 Å². The average molecular weight is 258 g/mol. The van der Waals surface area contributed by atoms with Gasteiger partial charge in [-0.15, -0.1) is 0 Å². The van der Waals surface area contributed by atoms with Crippen LogP contribution in [-0.4, -0.2) is 5.54 Å². The molecular weight excluding hydrogens is 232 g/mol. The lowest BCUT2D eigenvalue weighted by Gasteiger charge is -2.31. The SMILES string of the molecule is CC(C)CC(C#N)(CC(C)C)NCc1ccccc1. The summed E-state index contributed by atoms with van der Waals surface area (Å²) in [7, 11) is 0. The van der Waals surface area contributed by atoms with Crippen LogP contribution in [0, 0.1) is 23.2 Å². The van der Waals surface area contributed by atoms with Crippen molar-refractivity contribution in [2.75, 3.05) is 0 Å². The van der Waals surface area contributed by atoms with E-state index in [2.05, 4.69) is 51.2 Å². The number of nitrogens with one attached hydrogen (secondary N) is 1. The van der Waals surface area contributed by atoms with Crippen molar-refractivity contribution in [1.29, 1.82) is 5.26 Å². The summed E-state index contributed by atoms with van der Waals surface area (Å²) in [6.07, 6.45) is 1.79. The highest BCUT2D eigenvalue weighted by Crippen LogP contribution is 2.25. The van der Waals surface area contributed by atoms with E-state index in [4.69, 9.17) is 0 Å². The summed E-state index contributed by atoms with van der Waals surface area (Å²) < 4.78 is 0. The van der Waals surface area contributed by atoms with Gasteiger partial charge >= 0.3 is 0 Å². The minimum atomic E-state index is -0.405. The Kier molecular flexibility index (Phi) is 6.05. The van der Waals surface area contributed by atoms with Crippen molar-refractivity contribution in [2.24, 2.45) is 11.8 Å². The monoisotopic (exact) mass is 258 g/mol. The second kappa shape index (κ2) is 7.31. The topological polar surface area (TPSA) is 35.8 Å². The van der Waals surface area contributed by atoms with Gasteiger partial charge in [-0.3, -0.25) is 5.32 Å². The first kappa shape index (κ1) is 15.7. The van der Waals surface area contributed by atoms with Gasteiger partial charge in [0, 0.05) is 6.54 Å². The van der Waals surface area contributed by atoms with Gasteiger partial charge in [0.2, 0.25) is 0 Å². The maximum atomic E-state index is 9.64. The molecule has 0 aliphatic heterocycles. The molecule has 0 amide bonds. The van der Waals surface area contributed by atoms with Crippen molar-refractivity contribution in [2.45, 2.75) is 52.6 Å². The first-order valence-electron chi connectivity index (χ1n) is 7.17. The summed E-state index contributed by atoms with van der Waals surface area (Å²) in [5.41, 5.74) is 0.827. The number of hydrogen-bond donors (Lipinski definition) is 1. The average Bonchev–Trinajstić information content (AvgIpc) is 2.36. The maximum Gasteiger partial charge on any atom is 0.107 e. The highest BCUT2D eigenvalue weighted by Gasteiger charge is 2.31. The molecule has 0 aromatic heterocycles. The summed E-state index contributed by atoms with van der Waals surface area (Å²) in [5.74, 6) is 1.03. The number of nitrogens with zero attached hydrogens (tertiary/aromatic N) is 1. The van der Waals surface area contributed by atoms with Gasteiger partial charge in [-0.1, -0.05) is 58.0 Å². The molecule has 0 aliphatic rings. The molecule has 0 bridgehead atoms. The summed E-state index contributed by atoms with van der Waals surface area (Å²) in [6.45, 7) is 9.47. The molecule has 19 heavy (non-hydrogen) atoms. The molecule has 0 heterocycles. The van der Waals surface area contributed by atoms with Crippen LogP contribution in [0.3, 0.4) is 0 Å². The van der Waals surface area contributed by atoms with Gasteiger partial charge in [-0.25, -0.2) is 0 Å². The molecule has 2 nitrogen and oxygen atoms in total. The quantitative estimate of drug-likeness (QED) is 0.798. The number of benzene rings is 1. The molecule has 0 fully saturated rings. The van der Waals surface area contributed by atoms with Gasteiger partial charge in [0.1, 0.15) is 5.54 Å². The predicted molar refractivity (Wildman–Crippen MR) is 80.5 cm³/mol. The first-order chi connectivity index (χ1) is 8.97. The summed E-state index contributed by atoms with van der Waals surface area (Å²) >= 11 is 0. The van der Waals surface area contributed by atoms with Crippen molar-refractivity contribution < 1.29 is 0 Å². The molecule has 1 aromatic rings. The van der Waals surface area contributed by atoms with Gasteiger partial charge in [-0.2, -0.15) is 5.26 Å². The van der Waals surface area contributed by atoms with Crippen molar-refractivity contribution in [3.05, 3.63) is 35.9 Å². The molecule has 0 radical (unpaired) electrons. The van der Waals surface area contributed by atoms with E-state index < -0.39 is 5.54 Å². The van der Waals surface area contributed by atoms with Gasteiger partial charge in [-0.05, 0) is 30.2 Å². The van der Waals surface area contributed by atoms with E-state index in [1.807, 2.05) is 18.2 Å². The smallest absolute Gasteiger partial charge is 0.107 e. The molecule has 104 valence electrons. The number of nitriles is 1. The van der Waals surface area contributed by atoms with Gasteiger partial charge in [0.05, 0.1) is 6.07 Å². The zero-order valence-electron chi connectivity index (χ0n) is 12.6. The van der Waals surface area contributed by atoms with Crippen LogP contribution in [-0.2, 0) is 6.54 Å². The van der Waals surface area contributed by atoms with Crippen molar-refractivity contribution in [3.63, 3.8) is 0 Å². The Morgan fingerprint density at radius 1 is 1.05 bits per heavy atom. The fraction of sp³-hybridized carbons (Fsp3) is 0.588. The molecular formula is C17H26N2. The van der Waals surface area contributed by atoms with Gasteiger partial charge in [0.15, 0.2) is 0 Å². The molecule has 0 saturated heterocycles. The van der Waals surface area contributed by atoms with Crippen LogP contribution in [0.15, 0.2) is 30.3 Å². The third-order valence-corrected chi connectivity index (χ3v) is 3.20. The van der Waals surface area contributed by atoms with E-state index in [0.717, 1.165) is 19.4 Å². The Bertz CT molecular complexity index is 391. The molecule has 0 unspecified atom stereocenters. The Labute approximate surface area is 117 Å². The minimum Gasteiger partial charge on any atom is -0.295 e. The molecule has 2 heteroatoms. The summed E-state index contributed by atoms with van der Waals surface area (Å²) in [5, 5.41) is 13.1. The van der Waals surface area contributed by atoms with Crippen molar-refractivity contribution in [1.82, 2.24) is 5.32 Å². The standard InChI is InChI=1S/C17H26N2/c1-14(2)10-17(13-18,11-15(3)4)19-12-16-8-6-5-7-9-16/h5-9,14-15,19H,10-12H2,1-4H3. The van der Waals surface area contributed by atoms with E-state index in [1.165, 1.54) is 5.56 Å². The Balaban J connectivity index is 2.76. The van der Waals surface area contributed by atoms with E-state index in [-0.39, 0.29) is 0 Å². The second-order valence-electron chi connectivity index (χ2n) is 6.23. The lowest BCUT2D eigenvalue weighted by molar-refractivity contribution is 0.285. The Morgan fingerprint density at radius 3 is 2.00 bits per heavy atom. The lowest BCUT2D eigenvalue weighted by Crippen LogP contribution is -2.45. The van der Waals surface area contributed by atoms with Crippen LogP contribution in [0.1, 0.15) is 46.1 Å². The van der Waals surface area contributed by atoms with Crippen molar-refractivity contribution in [3.8, 4) is 6.07 Å². The molecule has 0 spiro atoms. The van der Waals surface area contributed by atoms with Crippen molar-refractivity contribution >= 4 is 0 Å². The Morgan fingerprint density at radius 2 is 1.58 bits per heavy atom. The maximum absolute atomic E-state index is 9.64. The molecule has 0 aliphatic carbocycles. The minimum absolute atomic E-state index is 0.405. The third kappa shape index (κ3) is 5.44. The van der Waals surface area contributed by atoms with Crippen LogP contribution < -0.4 is 5.32 Å². The van der Waals surface area contributed by atoms with E-state index >= 15 is 0 Å². The van der Waals surface area contributed by atoms with Crippen LogP contribution in [0.4, 0.5) is 0 Å². The normalized spacial score (nSPS) is 11.8. The highest BCUT2D eigenvalue weighted by molar-refractivity contribution is 5.16. The van der Waals surface area contributed by atoms with Crippen LogP contribution >= 0.6 is 0 Å². The van der Waals surface area contributed by atoms with Crippen LogP contribution in [0.2, 0.25) is 0 Å². The molecule has 1 aromatic carbocycles. The second-order valence-corrected chi connectivity index (χ2v) is 6.23. The van der Waals surface area contributed by atoms with Crippen LogP contribution in [0.25, 0.3) is 0 Å². The largest absolute Gasteiger partial charge is 0.295 e. The summed E-state index contributed by atoms with van der Waals surface area (Å²) in [4.78, 5) is 0. The number of hydrogen-bond acceptors (Lipinski definition) is 2. The highest BCUT2D eigenvalue weighted by atomic mass is 15.0. The predicted octanol–water partition coefficient (Wildman–Crippen LogP) is 4.13. The van der Waals surface area contributed by atoms with Gasteiger partial charge in [0.25, 0.3) is 0 Å². The fourth-order valence-corrected chi connectivity index (χ4v) is 2.62. The zero-order chi connectivity index (χ0) is 14.3. The fourth-order valence-electron chi connectivity index (χ4n) is 2.62. The molecule has 0 saturated carbocycles. The summed E-state index contributed by atoms with van der Waals surface area (Å²) in [6, 6.07) is 12.8. The molecule has 1 N–H and O–H groups in total. The number of rotatable bonds is 7. The van der Waals surface area contributed by atoms with Crippen LogP contribution in [0.5, 0.6) is 0 Å². The third-order valence-electron chi connectivity index (χ3n) is 3.20. The lowest BCUT2D eigenvalue weighted by atomic mass is 9.83. The van der Waals surface area contributed by atoms with E-state index in [1.54, 1.807) is 0 Å². The van der Waals surface area contributed by atoms with E-state index in [9.17, 15) is 5.26 Å². The van der Waals surface area contributed by atoms with E-state index in [0.29, 0.717) is 11.8 Å². The first-order valence-corrected chi connectivity index (χ1v) is 7.17. The molecule has 0 atom stereocenters. The zero-order valence-corrected chi connectivity index (χ0v) is 12.6. The Hall–Kier alpha value is -1.33.